The van der Waals surface area contributed by atoms with Crippen LogP contribution in [-0.4, -0.2) is 29.2 Å². The number of anilines is 2. The van der Waals surface area contributed by atoms with Crippen molar-refractivity contribution in [2.24, 2.45) is 5.92 Å². The Bertz CT molecular complexity index is 993. The molecule has 1 amide bonds. The van der Waals surface area contributed by atoms with E-state index in [9.17, 15) is 4.79 Å². The second-order valence-corrected chi connectivity index (χ2v) is 8.15. The zero-order valence-corrected chi connectivity index (χ0v) is 17.6. The summed E-state index contributed by atoms with van der Waals surface area (Å²) in [6.45, 7) is 6.03. The molecule has 2 aromatic carbocycles. The normalized spacial score (nSPS) is 14.5. The van der Waals surface area contributed by atoms with E-state index in [2.05, 4.69) is 57.7 Å². The number of amides is 1. The van der Waals surface area contributed by atoms with Gasteiger partial charge in [0.1, 0.15) is 0 Å². The number of piperidine rings is 1. The van der Waals surface area contributed by atoms with Crippen LogP contribution in [0.25, 0.3) is 0 Å². The van der Waals surface area contributed by atoms with E-state index in [1.165, 1.54) is 11.1 Å². The van der Waals surface area contributed by atoms with E-state index in [4.69, 9.17) is 0 Å². The highest BCUT2D eigenvalue weighted by atomic mass is 16.1. The van der Waals surface area contributed by atoms with Gasteiger partial charge in [0.15, 0.2) is 11.5 Å². The van der Waals surface area contributed by atoms with Crippen molar-refractivity contribution >= 4 is 17.4 Å². The summed E-state index contributed by atoms with van der Waals surface area (Å²) < 4.78 is 0. The zero-order chi connectivity index (χ0) is 20.9. The highest BCUT2D eigenvalue weighted by Crippen LogP contribution is 2.24. The fourth-order valence-electron chi connectivity index (χ4n) is 3.94. The summed E-state index contributed by atoms with van der Waals surface area (Å²) in [5, 5.41) is 11.4. The lowest BCUT2D eigenvalue weighted by atomic mass is 9.90. The summed E-state index contributed by atoms with van der Waals surface area (Å²) in [4.78, 5) is 14.8. The second-order valence-electron chi connectivity index (χ2n) is 8.15. The fourth-order valence-corrected chi connectivity index (χ4v) is 3.94. The molecule has 154 valence electrons. The van der Waals surface area contributed by atoms with Crippen molar-refractivity contribution in [3.8, 4) is 0 Å². The molecule has 5 nitrogen and oxygen atoms in total. The minimum Gasteiger partial charge on any atom is -0.355 e. The van der Waals surface area contributed by atoms with Gasteiger partial charge in [-0.1, -0.05) is 36.4 Å². The lowest BCUT2D eigenvalue weighted by molar-refractivity contribution is 0.102. The summed E-state index contributed by atoms with van der Waals surface area (Å²) in [7, 11) is 0. The van der Waals surface area contributed by atoms with Crippen molar-refractivity contribution in [2.45, 2.75) is 33.1 Å². The Kier molecular flexibility index (Phi) is 6.07. The van der Waals surface area contributed by atoms with E-state index in [0.717, 1.165) is 49.4 Å². The van der Waals surface area contributed by atoms with E-state index in [1.54, 1.807) is 6.07 Å². The highest BCUT2D eigenvalue weighted by Gasteiger charge is 2.21. The van der Waals surface area contributed by atoms with Crippen LogP contribution in [0.4, 0.5) is 11.5 Å². The monoisotopic (exact) mass is 400 g/mol. The third kappa shape index (κ3) is 4.85. The number of aromatic nitrogens is 2. The van der Waals surface area contributed by atoms with Gasteiger partial charge in [0, 0.05) is 18.8 Å². The van der Waals surface area contributed by atoms with E-state index in [0.29, 0.717) is 11.6 Å². The molecule has 30 heavy (non-hydrogen) atoms. The average Bonchev–Trinajstić information content (AvgIpc) is 2.78. The minimum atomic E-state index is -0.237. The standard InChI is InChI=1S/C25H28N4O/c1-18-8-9-22(16-19(18)2)26-25(30)23-10-11-24(28-27-23)29-14-12-21(13-15-29)17-20-6-4-3-5-7-20/h3-11,16,21H,12-15,17H2,1-2H3,(H,26,30). The summed E-state index contributed by atoms with van der Waals surface area (Å²) >= 11 is 0. The van der Waals surface area contributed by atoms with Gasteiger partial charge >= 0.3 is 0 Å². The number of rotatable bonds is 5. The molecule has 1 aliphatic heterocycles. The lowest BCUT2D eigenvalue weighted by Crippen LogP contribution is -2.35. The number of hydrogen-bond donors (Lipinski definition) is 1. The Labute approximate surface area is 178 Å². The smallest absolute Gasteiger partial charge is 0.276 e. The number of carbonyl (C=O) groups is 1. The number of benzene rings is 2. The van der Waals surface area contributed by atoms with Gasteiger partial charge in [-0.2, -0.15) is 0 Å². The van der Waals surface area contributed by atoms with E-state index in [1.807, 2.05) is 31.2 Å². The van der Waals surface area contributed by atoms with E-state index >= 15 is 0 Å². The predicted octanol–water partition coefficient (Wildman–Crippen LogP) is 4.80. The van der Waals surface area contributed by atoms with Crippen molar-refractivity contribution in [1.82, 2.24) is 10.2 Å². The molecule has 1 saturated heterocycles. The number of nitrogens with one attached hydrogen (secondary N) is 1. The van der Waals surface area contributed by atoms with Gasteiger partial charge in [0.05, 0.1) is 0 Å². The average molecular weight is 401 g/mol. The fraction of sp³-hybridized carbons (Fsp3) is 0.320. The molecular formula is C25H28N4O. The molecule has 1 fully saturated rings. The third-order valence-electron chi connectivity index (χ3n) is 5.95. The van der Waals surface area contributed by atoms with Gasteiger partial charge in [-0.25, -0.2) is 0 Å². The van der Waals surface area contributed by atoms with Crippen LogP contribution in [0.1, 0.15) is 40.0 Å². The van der Waals surface area contributed by atoms with Crippen LogP contribution < -0.4 is 10.2 Å². The van der Waals surface area contributed by atoms with Crippen LogP contribution >= 0.6 is 0 Å². The molecule has 0 radical (unpaired) electrons. The van der Waals surface area contributed by atoms with Crippen molar-refractivity contribution in [3.63, 3.8) is 0 Å². The molecule has 0 bridgehead atoms. The molecule has 0 atom stereocenters. The lowest BCUT2D eigenvalue weighted by Gasteiger charge is -2.32. The third-order valence-corrected chi connectivity index (χ3v) is 5.95. The van der Waals surface area contributed by atoms with Crippen molar-refractivity contribution < 1.29 is 4.79 Å². The van der Waals surface area contributed by atoms with Gasteiger partial charge < -0.3 is 10.2 Å². The zero-order valence-electron chi connectivity index (χ0n) is 17.6. The summed E-state index contributed by atoms with van der Waals surface area (Å²) in [6, 6.07) is 20.2. The molecule has 2 heterocycles. The molecule has 0 aliphatic carbocycles. The first-order chi connectivity index (χ1) is 14.6. The Morgan fingerprint density at radius 3 is 2.40 bits per heavy atom. The van der Waals surface area contributed by atoms with Gasteiger partial charge in [0.25, 0.3) is 5.91 Å². The van der Waals surface area contributed by atoms with E-state index in [-0.39, 0.29) is 5.91 Å². The summed E-state index contributed by atoms with van der Waals surface area (Å²) in [6.07, 6.45) is 3.43. The molecule has 4 rings (SSSR count). The largest absolute Gasteiger partial charge is 0.355 e. The van der Waals surface area contributed by atoms with Gasteiger partial charge in [-0.05, 0) is 80.0 Å². The molecule has 1 N–H and O–H groups in total. The SMILES string of the molecule is Cc1ccc(NC(=O)c2ccc(N3CCC(Cc4ccccc4)CC3)nn2)cc1C. The first kappa shape index (κ1) is 20.1. The summed E-state index contributed by atoms with van der Waals surface area (Å²) in [5.74, 6) is 1.31. The first-order valence-corrected chi connectivity index (χ1v) is 10.6. The van der Waals surface area contributed by atoms with Crippen LogP contribution in [0, 0.1) is 19.8 Å². The molecule has 1 aliphatic rings. The Hall–Kier alpha value is -3.21. The van der Waals surface area contributed by atoms with Crippen LogP contribution in [0.2, 0.25) is 0 Å². The molecule has 0 spiro atoms. The number of aryl methyl sites for hydroxylation is 2. The van der Waals surface area contributed by atoms with Crippen LogP contribution in [-0.2, 0) is 6.42 Å². The first-order valence-electron chi connectivity index (χ1n) is 10.6. The molecular weight excluding hydrogens is 372 g/mol. The molecule has 0 saturated carbocycles. The Morgan fingerprint density at radius 1 is 0.967 bits per heavy atom. The Balaban J connectivity index is 1.32. The molecule has 5 heteroatoms. The maximum Gasteiger partial charge on any atom is 0.276 e. The second kappa shape index (κ2) is 9.08. The topological polar surface area (TPSA) is 58.1 Å². The molecule has 0 unspecified atom stereocenters. The van der Waals surface area contributed by atoms with Crippen molar-refractivity contribution in [1.29, 1.82) is 0 Å². The molecule has 1 aromatic heterocycles. The number of nitrogens with zero attached hydrogens (tertiary/aromatic N) is 3. The Morgan fingerprint density at radius 2 is 1.73 bits per heavy atom. The van der Waals surface area contributed by atoms with Crippen LogP contribution in [0.15, 0.2) is 60.7 Å². The maximum absolute atomic E-state index is 12.5. The van der Waals surface area contributed by atoms with Gasteiger partial charge in [0.2, 0.25) is 0 Å². The highest BCUT2D eigenvalue weighted by molar-refractivity contribution is 6.02. The number of hydrogen-bond acceptors (Lipinski definition) is 4. The van der Waals surface area contributed by atoms with Crippen molar-refractivity contribution in [3.05, 3.63) is 83.0 Å². The minimum absolute atomic E-state index is 0.237. The van der Waals surface area contributed by atoms with Crippen LogP contribution in [0.5, 0.6) is 0 Å². The number of carbonyl (C=O) groups excluding carboxylic acids is 1. The quantitative estimate of drug-likeness (QED) is 0.668. The summed E-state index contributed by atoms with van der Waals surface area (Å²) in [5.41, 5.74) is 4.86. The van der Waals surface area contributed by atoms with Crippen LogP contribution in [0.3, 0.4) is 0 Å². The molecule has 3 aromatic rings. The van der Waals surface area contributed by atoms with Crippen molar-refractivity contribution in [2.75, 3.05) is 23.3 Å². The van der Waals surface area contributed by atoms with Gasteiger partial charge in [-0.15, -0.1) is 10.2 Å². The maximum atomic E-state index is 12.5. The predicted molar refractivity (Wildman–Crippen MR) is 121 cm³/mol. The van der Waals surface area contributed by atoms with E-state index < -0.39 is 0 Å². The van der Waals surface area contributed by atoms with Gasteiger partial charge in [-0.3, -0.25) is 4.79 Å².